The van der Waals surface area contributed by atoms with E-state index in [0.717, 1.165) is 16.7 Å². The molecule has 29 heavy (non-hydrogen) atoms. The number of benzene rings is 3. The van der Waals surface area contributed by atoms with Crippen molar-refractivity contribution in [3.05, 3.63) is 84.4 Å². The van der Waals surface area contributed by atoms with Gasteiger partial charge in [-0.15, -0.1) is 0 Å². The largest absolute Gasteiger partial charge is 0.480 e. The molecule has 1 aliphatic rings. The normalized spacial score (nSPS) is 21.2. The van der Waals surface area contributed by atoms with Crippen molar-refractivity contribution in [2.24, 2.45) is 0 Å². The maximum atomic E-state index is 11.0. The molecule has 4 rings (SSSR count). The van der Waals surface area contributed by atoms with Crippen LogP contribution in [0.1, 0.15) is 5.56 Å². The van der Waals surface area contributed by atoms with E-state index >= 15 is 0 Å². The van der Waals surface area contributed by atoms with Gasteiger partial charge in [0, 0.05) is 6.54 Å². The molecule has 0 aliphatic carbocycles. The maximum Gasteiger partial charge on any atom is 0.323 e. The Kier molecular flexibility index (Phi) is 5.71. The van der Waals surface area contributed by atoms with Gasteiger partial charge in [-0.05, 0) is 27.8 Å². The second-order valence-corrected chi connectivity index (χ2v) is 7.20. The van der Waals surface area contributed by atoms with E-state index in [0.29, 0.717) is 13.2 Å². The molecule has 5 nitrogen and oxygen atoms in total. The molecule has 1 saturated heterocycles. The van der Waals surface area contributed by atoms with E-state index in [1.54, 1.807) is 0 Å². The summed E-state index contributed by atoms with van der Waals surface area (Å²) in [5.41, 5.74) is 5.60. The third kappa shape index (κ3) is 4.38. The van der Waals surface area contributed by atoms with Crippen LogP contribution in [0.2, 0.25) is 0 Å². The van der Waals surface area contributed by atoms with Crippen LogP contribution in [0, 0.1) is 0 Å². The highest BCUT2D eigenvalue weighted by atomic mass is 16.5. The van der Waals surface area contributed by atoms with Crippen LogP contribution >= 0.6 is 0 Å². The van der Waals surface area contributed by atoms with Crippen LogP contribution in [0.5, 0.6) is 0 Å². The molecular weight excluding hydrogens is 366 g/mol. The van der Waals surface area contributed by atoms with Crippen LogP contribution in [0.15, 0.2) is 78.9 Å². The number of carboxylic acids is 1. The van der Waals surface area contributed by atoms with Gasteiger partial charge >= 0.3 is 5.97 Å². The van der Waals surface area contributed by atoms with Crippen LogP contribution in [0.4, 0.5) is 0 Å². The van der Waals surface area contributed by atoms with Crippen molar-refractivity contribution in [1.29, 1.82) is 0 Å². The van der Waals surface area contributed by atoms with Crippen molar-refractivity contribution < 1.29 is 19.7 Å². The molecule has 0 amide bonds. The lowest BCUT2D eigenvalue weighted by Crippen LogP contribution is -2.40. The standard InChI is InChI=1S/C24H23NO4/c26-23-21(14-25-22(23)24(27)28)29-15-16-6-8-18(9-7-16)20-12-10-19(11-13-20)17-4-2-1-3-5-17/h1-13,21-23,25-26H,14-15H2,(H,27,28)/t21-,22+,23+/m0/s1. The van der Waals surface area contributed by atoms with Crippen molar-refractivity contribution in [2.45, 2.75) is 24.9 Å². The fraction of sp³-hybridized carbons (Fsp3) is 0.208. The molecule has 148 valence electrons. The minimum atomic E-state index is -1.06. The lowest BCUT2D eigenvalue weighted by atomic mass is 10.00. The Labute approximate surface area is 169 Å². The summed E-state index contributed by atoms with van der Waals surface area (Å²) in [4.78, 5) is 11.0. The van der Waals surface area contributed by atoms with Gasteiger partial charge in [0.05, 0.1) is 12.7 Å². The van der Waals surface area contributed by atoms with Crippen molar-refractivity contribution in [1.82, 2.24) is 5.32 Å². The lowest BCUT2D eigenvalue weighted by molar-refractivity contribution is -0.142. The topological polar surface area (TPSA) is 78.8 Å². The fourth-order valence-electron chi connectivity index (χ4n) is 3.57. The SMILES string of the molecule is O=C(O)[C@@H]1NC[C@H](OCc2ccc(-c3ccc(-c4ccccc4)cc3)cc2)[C@H]1O. The van der Waals surface area contributed by atoms with Gasteiger partial charge in [0.2, 0.25) is 0 Å². The Morgan fingerprint density at radius 3 is 1.90 bits per heavy atom. The first-order valence-corrected chi connectivity index (χ1v) is 9.62. The molecule has 5 heteroatoms. The molecule has 0 radical (unpaired) electrons. The Bertz CT molecular complexity index is 954. The third-order valence-electron chi connectivity index (χ3n) is 5.27. The van der Waals surface area contributed by atoms with Crippen LogP contribution in [0.25, 0.3) is 22.3 Å². The molecular formula is C24H23NO4. The predicted molar refractivity (Wildman–Crippen MR) is 111 cm³/mol. The summed E-state index contributed by atoms with van der Waals surface area (Å²) in [6.07, 6.45) is -1.57. The van der Waals surface area contributed by atoms with Gasteiger partial charge in [0.15, 0.2) is 0 Å². The highest BCUT2D eigenvalue weighted by Gasteiger charge is 2.39. The van der Waals surface area contributed by atoms with E-state index in [-0.39, 0.29) is 0 Å². The third-order valence-corrected chi connectivity index (χ3v) is 5.27. The van der Waals surface area contributed by atoms with E-state index in [9.17, 15) is 9.90 Å². The number of aliphatic hydroxyl groups excluding tert-OH is 1. The molecule has 1 heterocycles. The summed E-state index contributed by atoms with van der Waals surface area (Å²) < 4.78 is 5.72. The molecule has 0 saturated carbocycles. The first-order valence-electron chi connectivity index (χ1n) is 9.62. The molecule has 3 aromatic rings. The number of hydrogen-bond acceptors (Lipinski definition) is 4. The van der Waals surface area contributed by atoms with Crippen molar-refractivity contribution in [2.75, 3.05) is 6.54 Å². The van der Waals surface area contributed by atoms with Gasteiger partial charge in [0.25, 0.3) is 0 Å². The van der Waals surface area contributed by atoms with E-state index < -0.39 is 24.2 Å². The Morgan fingerprint density at radius 1 is 0.862 bits per heavy atom. The summed E-state index contributed by atoms with van der Waals surface area (Å²) in [6.45, 7) is 0.646. The van der Waals surface area contributed by atoms with Crippen LogP contribution < -0.4 is 5.32 Å². The monoisotopic (exact) mass is 389 g/mol. The number of ether oxygens (including phenoxy) is 1. The molecule has 0 aromatic heterocycles. The second kappa shape index (κ2) is 8.57. The molecule has 1 aliphatic heterocycles. The smallest absolute Gasteiger partial charge is 0.323 e. The van der Waals surface area contributed by atoms with Gasteiger partial charge in [0.1, 0.15) is 12.1 Å². The summed E-state index contributed by atoms with van der Waals surface area (Å²) in [7, 11) is 0. The first-order chi connectivity index (χ1) is 14.1. The minimum absolute atomic E-state index is 0.322. The molecule has 3 aromatic carbocycles. The molecule has 3 N–H and O–H groups in total. The molecule has 0 unspecified atom stereocenters. The fourth-order valence-corrected chi connectivity index (χ4v) is 3.57. The number of aliphatic hydroxyl groups is 1. The number of hydrogen-bond donors (Lipinski definition) is 3. The Morgan fingerprint density at radius 2 is 1.38 bits per heavy atom. The number of rotatable bonds is 6. The highest BCUT2D eigenvalue weighted by molar-refractivity contribution is 5.75. The number of nitrogens with one attached hydrogen (secondary N) is 1. The van der Waals surface area contributed by atoms with E-state index in [2.05, 4.69) is 41.7 Å². The number of carbonyl (C=O) groups is 1. The van der Waals surface area contributed by atoms with Crippen molar-refractivity contribution in [3.63, 3.8) is 0 Å². The zero-order valence-corrected chi connectivity index (χ0v) is 15.9. The van der Waals surface area contributed by atoms with Crippen LogP contribution in [-0.4, -0.2) is 41.0 Å². The first kappa shape index (κ1) is 19.3. The molecule has 1 fully saturated rings. The van der Waals surface area contributed by atoms with Crippen molar-refractivity contribution in [3.8, 4) is 22.3 Å². The molecule has 3 atom stereocenters. The molecule has 0 bridgehead atoms. The summed E-state index contributed by atoms with van der Waals surface area (Å²) >= 11 is 0. The van der Waals surface area contributed by atoms with Gasteiger partial charge in [-0.2, -0.15) is 0 Å². The van der Waals surface area contributed by atoms with Crippen LogP contribution in [0.3, 0.4) is 0 Å². The number of carboxylic acid groups (broad SMARTS) is 1. The Balaban J connectivity index is 1.37. The predicted octanol–water partition coefficient (Wildman–Crippen LogP) is 3.32. The maximum absolute atomic E-state index is 11.0. The van der Waals surface area contributed by atoms with E-state index in [4.69, 9.17) is 9.84 Å². The minimum Gasteiger partial charge on any atom is -0.480 e. The van der Waals surface area contributed by atoms with E-state index in [1.807, 2.05) is 42.5 Å². The quantitative estimate of drug-likeness (QED) is 0.603. The van der Waals surface area contributed by atoms with E-state index in [1.165, 1.54) is 11.1 Å². The van der Waals surface area contributed by atoms with Gasteiger partial charge < -0.3 is 14.9 Å². The zero-order valence-electron chi connectivity index (χ0n) is 15.9. The summed E-state index contributed by atoms with van der Waals surface area (Å²) in [6, 6.07) is 25.8. The highest BCUT2D eigenvalue weighted by Crippen LogP contribution is 2.25. The number of aliphatic carboxylic acids is 1. The summed E-state index contributed by atoms with van der Waals surface area (Å²) in [5.74, 6) is -1.06. The molecule has 0 spiro atoms. The average Bonchev–Trinajstić information content (AvgIpc) is 3.14. The van der Waals surface area contributed by atoms with Gasteiger partial charge in [-0.25, -0.2) is 0 Å². The summed E-state index contributed by atoms with van der Waals surface area (Å²) in [5, 5.41) is 21.8. The van der Waals surface area contributed by atoms with Crippen LogP contribution in [-0.2, 0) is 16.1 Å². The lowest BCUT2D eigenvalue weighted by Gasteiger charge is -2.16. The second-order valence-electron chi connectivity index (χ2n) is 7.20. The Hall–Kier alpha value is -2.99. The van der Waals surface area contributed by atoms with Gasteiger partial charge in [-0.1, -0.05) is 78.9 Å². The average molecular weight is 389 g/mol. The zero-order chi connectivity index (χ0) is 20.2. The van der Waals surface area contributed by atoms with Crippen molar-refractivity contribution >= 4 is 5.97 Å². The van der Waals surface area contributed by atoms with Gasteiger partial charge in [-0.3, -0.25) is 10.1 Å².